The summed E-state index contributed by atoms with van der Waals surface area (Å²) in [6.07, 6.45) is 0.0958. The summed E-state index contributed by atoms with van der Waals surface area (Å²) in [4.78, 5) is 2.16. The van der Waals surface area contributed by atoms with Gasteiger partial charge in [0.25, 0.3) is 0 Å². The van der Waals surface area contributed by atoms with E-state index in [0.717, 1.165) is 25.1 Å². The number of hydrogen-bond donors (Lipinski definition) is 2. The number of likely N-dealkylation sites (tertiary alicyclic amines) is 1. The topological polar surface area (TPSA) is 62.2 Å². The summed E-state index contributed by atoms with van der Waals surface area (Å²) in [5.41, 5.74) is 3.27. The van der Waals surface area contributed by atoms with Crippen LogP contribution < -0.4 is 9.47 Å². The van der Waals surface area contributed by atoms with E-state index < -0.39 is 11.9 Å². The zero-order chi connectivity index (χ0) is 25.2. The van der Waals surface area contributed by atoms with Crippen molar-refractivity contribution in [2.75, 3.05) is 32.9 Å². The van der Waals surface area contributed by atoms with Crippen molar-refractivity contribution >= 4 is 11.1 Å². The van der Waals surface area contributed by atoms with Crippen molar-refractivity contribution in [1.29, 1.82) is 0 Å². The highest BCUT2D eigenvalue weighted by Gasteiger charge is 2.31. The molecule has 2 N–H and O–H groups in total. The maximum atomic E-state index is 15.5. The van der Waals surface area contributed by atoms with Crippen molar-refractivity contribution in [2.24, 2.45) is 5.92 Å². The number of ether oxygens (including phenoxy) is 2. The van der Waals surface area contributed by atoms with Gasteiger partial charge < -0.3 is 19.7 Å². The van der Waals surface area contributed by atoms with E-state index in [1.54, 1.807) is 42.5 Å². The first-order valence-corrected chi connectivity index (χ1v) is 12.1. The molecule has 1 fully saturated rings. The predicted octanol–water partition coefficient (Wildman–Crippen LogP) is 5.97. The van der Waals surface area contributed by atoms with Gasteiger partial charge in [-0.2, -0.15) is 0 Å². The summed E-state index contributed by atoms with van der Waals surface area (Å²) in [6.45, 7) is 4.24. The van der Waals surface area contributed by atoms with Gasteiger partial charge in [0.15, 0.2) is 6.10 Å². The molecule has 36 heavy (non-hydrogen) atoms. The van der Waals surface area contributed by atoms with E-state index in [9.17, 15) is 14.6 Å². The summed E-state index contributed by atoms with van der Waals surface area (Å²) >= 11 is 0. The molecular formula is C29H29F2NO4. The van der Waals surface area contributed by atoms with Crippen molar-refractivity contribution in [3.63, 3.8) is 0 Å². The van der Waals surface area contributed by atoms with Gasteiger partial charge in [-0.25, -0.2) is 4.39 Å². The summed E-state index contributed by atoms with van der Waals surface area (Å²) in [6, 6.07) is 16.3. The Morgan fingerprint density at radius 3 is 2.64 bits per heavy atom. The Labute approximate surface area is 209 Å². The first-order valence-electron chi connectivity index (χ1n) is 12.1. The number of nitrogens with zero attached hydrogens (tertiary/aromatic N) is 1. The standard InChI is InChI=1S/C29H29F2NO4/c1-18-25-14-22(34)5-8-27(25)36-29(28(18)20-3-2-4-21(33)13-20)24-7-6-23(15-26(24)31)35-12-11-32-10-9-19(16-30)17-32/h2-8,13-15,19,29,33-34H,9-12,16-17H2,1H3. The summed E-state index contributed by atoms with van der Waals surface area (Å²) < 4.78 is 40.4. The number of rotatable bonds is 7. The maximum Gasteiger partial charge on any atom is 0.153 e. The van der Waals surface area contributed by atoms with Crippen LogP contribution in [0.5, 0.6) is 23.0 Å². The number of benzene rings is 3. The lowest BCUT2D eigenvalue weighted by Crippen LogP contribution is -2.26. The highest BCUT2D eigenvalue weighted by molar-refractivity contribution is 5.95. The average molecular weight is 494 g/mol. The number of hydrogen-bond acceptors (Lipinski definition) is 5. The molecular weight excluding hydrogens is 464 g/mol. The van der Waals surface area contributed by atoms with Crippen LogP contribution in [0.1, 0.15) is 36.1 Å². The number of halogens is 2. The van der Waals surface area contributed by atoms with E-state index in [1.165, 1.54) is 12.1 Å². The lowest BCUT2D eigenvalue weighted by molar-refractivity contribution is 0.227. The molecule has 188 valence electrons. The largest absolute Gasteiger partial charge is 0.508 e. The van der Waals surface area contributed by atoms with Crippen LogP contribution in [0.3, 0.4) is 0 Å². The van der Waals surface area contributed by atoms with Gasteiger partial charge in [-0.15, -0.1) is 0 Å². The molecule has 0 saturated carbocycles. The normalized spacial score (nSPS) is 19.8. The molecule has 2 aliphatic rings. The van der Waals surface area contributed by atoms with Gasteiger partial charge in [-0.1, -0.05) is 12.1 Å². The smallest absolute Gasteiger partial charge is 0.153 e. The van der Waals surface area contributed by atoms with Crippen molar-refractivity contribution < 1.29 is 28.5 Å². The van der Waals surface area contributed by atoms with Gasteiger partial charge in [0.1, 0.15) is 35.4 Å². The quantitative estimate of drug-likeness (QED) is 0.425. The number of alkyl halides is 1. The molecule has 2 aliphatic heterocycles. The molecule has 7 heteroatoms. The Morgan fingerprint density at radius 1 is 1.06 bits per heavy atom. The third-order valence-corrected chi connectivity index (χ3v) is 6.95. The minimum atomic E-state index is -0.764. The SMILES string of the molecule is CC1=C(c2cccc(O)c2)C(c2ccc(OCCN3CCC(CF)C3)cc2F)Oc2ccc(O)cc21. The average Bonchev–Trinajstić information content (AvgIpc) is 3.32. The van der Waals surface area contributed by atoms with E-state index in [2.05, 4.69) is 4.90 Å². The van der Waals surface area contributed by atoms with Crippen molar-refractivity contribution in [3.05, 3.63) is 83.2 Å². The Hall–Kier alpha value is -3.58. The van der Waals surface area contributed by atoms with Crippen molar-refractivity contribution in [1.82, 2.24) is 4.90 Å². The van der Waals surface area contributed by atoms with Crippen molar-refractivity contribution in [3.8, 4) is 23.0 Å². The highest BCUT2D eigenvalue weighted by Crippen LogP contribution is 2.48. The molecule has 1 saturated heterocycles. The van der Waals surface area contributed by atoms with Gasteiger partial charge in [0.2, 0.25) is 0 Å². The van der Waals surface area contributed by atoms with E-state index in [0.29, 0.717) is 46.9 Å². The number of allylic oxidation sites excluding steroid dienone is 1. The van der Waals surface area contributed by atoms with E-state index in [-0.39, 0.29) is 24.1 Å². The van der Waals surface area contributed by atoms with Crippen LogP contribution in [0.4, 0.5) is 8.78 Å². The zero-order valence-electron chi connectivity index (χ0n) is 20.1. The van der Waals surface area contributed by atoms with Gasteiger partial charge in [0, 0.05) is 41.8 Å². The van der Waals surface area contributed by atoms with Gasteiger partial charge in [0.05, 0.1) is 6.67 Å². The van der Waals surface area contributed by atoms with Crippen LogP contribution in [0.25, 0.3) is 11.1 Å². The molecule has 2 atom stereocenters. The molecule has 0 spiro atoms. The molecule has 0 aromatic heterocycles. The minimum Gasteiger partial charge on any atom is -0.508 e. The van der Waals surface area contributed by atoms with Crippen LogP contribution in [-0.2, 0) is 0 Å². The molecule has 5 nitrogen and oxygen atoms in total. The van der Waals surface area contributed by atoms with Crippen LogP contribution >= 0.6 is 0 Å². The van der Waals surface area contributed by atoms with Crippen LogP contribution in [-0.4, -0.2) is 48.0 Å². The lowest BCUT2D eigenvalue weighted by Gasteiger charge is -2.31. The first-order chi connectivity index (χ1) is 17.4. The second-order valence-electron chi connectivity index (χ2n) is 9.41. The predicted molar refractivity (Wildman–Crippen MR) is 134 cm³/mol. The second-order valence-corrected chi connectivity index (χ2v) is 9.41. The fraction of sp³-hybridized carbons (Fsp3) is 0.310. The number of aromatic hydroxyl groups is 2. The summed E-state index contributed by atoms with van der Waals surface area (Å²) in [5, 5.41) is 20.1. The maximum absolute atomic E-state index is 15.5. The zero-order valence-corrected chi connectivity index (χ0v) is 20.1. The highest BCUT2D eigenvalue weighted by atomic mass is 19.1. The number of fused-ring (bicyclic) bond motifs is 1. The van der Waals surface area contributed by atoms with Gasteiger partial charge in [-0.3, -0.25) is 9.29 Å². The minimum absolute atomic E-state index is 0.0910. The molecule has 5 rings (SSSR count). The monoisotopic (exact) mass is 493 g/mol. The Kier molecular flexibility index (Phi) is 6.83. The molecule has 0 radical (unpaired) electrons. The molecule has 2 unspecified atom stereocenters. The second kappa shape index (κ2) is 10.2. The Bertz CT molecular complexity index is 1290. The Balaban J connectivity index is 1.41. The molecule has 3 aromatic carbocycles. The first kappa shape index (κ1) is 24.1. The molecule has 0 aliphatic carbocycles. The van der Waals surface area contributed by atoms with Gasteiger partial charge in [-0.05, 0) is 73.5 Å². The van der Waals surface area contributed by atoms with Crippen LogP contribution in [0.15, 0.2) is 60.7 Å². The van der Waals surface area contributed by atoms with E-state index >= 15 is 4.39 Å². The van der Waals surface area contributed by atoms with E-state index in [1.807, 2.05) is 13.0 Å². The molecule has 3 aromatic rings. The third-order valence-electron chi connectivity index (χ3n) is 6.95. The number of phenolic OH excluding ortho intramolecular Hbond substituents is 2. The van der Waals surface area contributed by atoms with Crippen LogP contribution in [0.2, 0.25) is 0 Å². The third kappa shape index (κ3) is 4.88. The van der Waals surface area contributed by atoms with Crippen LogP contribution in [0, 0.1) is 11.7 Å². The van der Waals surface area contributed by atoms with Gasteiger partial charge >= 0.3 is 0 Å². The van der Waals surface area contributed by atoms with Crippen molar-refractivity contribution in [2.45, 2.75) is 19.4 Å². The number of phenols is 2. The summed E-state index contributed by atoms with van der Waals surface area (Å²) in [5.74, 6) is 0.780. The molecule has 2 heterocycles. The Morgan fingerprint density at radius 2 is 1.89 bits per heavy atom. The van der Waals surface area contributed by atoms with E-state index in [4.69, 9.17) is 9.47 Å². The molecule has 0 amide bonds. The fourth-order valence-electron chi connectivity index (χ4n) is 5.05. The lowest BCUT2D eigenvalue weighted by atomic mass is 9.86. The molecule has 0 bridgehead atoms. The fourth-order valence-corrected chi connectivity index (χ4v) is 5.05. The summed E-state index contributed by atoms with van der Waals surface area (Å²) in [7, 11) is 0.